The van der Waals surface area contributed by atoms with Crippen LogP contribution in [0, 0.1) is 6.92 Å². The number of nitrogens with one attached hydrogen (secondary N) is 2. The lowest BCUT2D eigenvalue weighted by Gasteiger charge is -2.11. The quantitative estimate of drug-likeness (QED) is 0.277. The summed E-state index contributed by atoms with van der Waals surface area (Å²) < 4.78 is 0. The standard InChI is InChI=1S/C19H25ClN4.HI/c1-3-21-19(22-12-10-16-6-4-15(2)5-7-16)23-13-11-17-8-9-18(20)24-14-17;/h4-9,14H,3,10-13H2,1-2H3,(H2,21,22,23);1H. The highest BCUT2D eigenvalue weighted by Crippen LogP contribution is 2.05. The van der Waals surface area contributed by atoms with E-state index in [1.807, 2.05) is 18.3 Å². The van der Waals surface area contributed by atoms with Crippen molar-refractivity contribution in [2.24, 2.45) is 4.99 Å². The first-order valence-electron chi connectivity index (χ1n) is 8.35. The minimum absolute atomic E-state index is 0. The fourth-order valence-corrected chi connectivity index (χ4v) is 2.38. The number of aliphatic imine (C=N–C) groups is 1. The number of nitrogens with zero attached hydrogens (tertiary/aromatic N) is 2. The van der Waals surface area contributed by atoms with Crippen LogP contribution >= 0.6 is 35.6 Å². The average molecular weight is 473 g/mol. The van der Waals surface area contributed by atoms with Crippen LogP contribution < -0.4 is 10.6 Å². The van der Waals surface area contributed by atoms with Crippen molar-refractivity contribution in [1.29, 1.82) is 0 Å². The highest BCUT2D eigenvalue weighted by molar-refractivity contribution is 14.0. The molecule has 0 aliphatic rings. The van der Waals surface area contributed by atoms with Gasteiger partial charge in [0.1, 0.15) is 5.15 Å². The van der Waals surface area contributed by atoms with Crippen LogP contribution in [0.15, 0.2) is 47.6 Å². The highest BCUT2D eigenvalue weighted by Gasteiger charge is 1.99. The van der Waals surface area contributed by atoms with Crippen LogP contribution in [0.4, 0.5) is 0 Å². The number of pyridine rings is 1. The summed E-state index contributed by atoms with van der Waals surface area (Å²) in [5, 5.41) is 7.16. The molecule has 0 atom stereocenters. The molecule has 0 saturated carbocycles. The van der Waals surface area contributed by atoms with Crippen molar-refractivity contribution >= 4 is 41.5 Å². The van der Waals surface area contributed by atoms with Gasteiger partial charge in [-0.3, -0.25) is 4.99 Å². The maximum absolute atomic E-state index is 5.80. The lowest BCUT2D eigenvalue weighted by Crippen LogP contribution is -2.38. The van der Waals surface area contributed by atoms with E-state index in [0.29, 0.717) is 5.15 Å². The third kappa shape index (κ3) is 8.54. The Kier molecular flexibility index (Phi) is 10.5. The molecule has 2 N–H and O–H groups in total. The molecule has 0 saturated heterocycles. The molecule has 25 heavy (non-hydrogen) atoms. The summed E-state index contributed by atoms with van der Waals surface area (Å²) in [6.07, 6.45) is 3.63. The molecule has 0 bridgehead atoms. The molecule has 4 nitrogen and oxygen atoms in total. The fourth-order valence-electron chi connectivity index (χ4n) is 2.27. The summed E-state index contributed by atoms with van der Waals surface area (Å²) >= 11 is 5.80. The van der Waals surface area contributed by atoms with Gasteiger partial charge < -0.3 is 10.6 Å². The predicted molar refractivity (Wildman–Crippen MR) is 117 cm³/mol. The molecule has 1 heterocycles. The fraction of sp³-hybridized carbons (Fsp3) is 0.368. The molecule has 136 valence electrons. The van der Waals surface area contributed by atoms with Crippen molar-refractivity contribution in [2.45, 2.75) is 26.7 Å². The van der Waals surface area contributed by atoms with E-state index in [1.54, 1.807) is 0 Å². The highest BCUT2D eigenvalue weighted by atomic mass is 127. The average Bonchev–Trinajstić information content (AvgIpc) is 2.58. The van der Waals surface area contributed by atoms with Crippen LogP contribution in [0.1, 0.15) is 23.6 Å². The van der Waals surface area contributed by atoms with E-state index in [2.05, 4.69) is 58.7 Å². The summed E-state index contributed by atoms with van der Waals surface area (Å²) in [4.78, 5) is 8.73. The maximum Gasteiger partial charge on any atom is 0.191 e. The Morgan fingerprint density at radius 1 is 1.04 bits per heavy atom. The summed E-state index contributed by atoms with van der Waals surface area (Å²) in [6, 6.07) is 12.4. The van der Waals surface area contributed by atoms with Gasteiger partial charge in [0.25, 0.3) is 0 Å². The zero-order chi connectivity index (χ0) is 17.2. The molecule has 1 aromatic carbocycles. The molecule has 0 aliphatic carbocycles. The first-order chi connectivity index (χ1) is 11.7. The van der Waals surface area contributed by atoms with Gasteiger partial charge in [-0.25, -0.2) is 4.98 Å². The molecular formula is C19H26ClIN4. The Balaban J connectivity index is 0.00000312. The molecule has 0 spiro atoms. The van der Waals surface area contributed by atoms with Crippen molar-refractivity contribution in [2.75, 3.05) is 19.6 Å². The topological polar surface area (TPSA) is 49.3 Å². The van der Waals surface area contributed by atoms with E-state index in [9.17, 15) is 0 Å². The number of aromatic nitrogens is 1. The van der Waals surface area contributed by atoms with Crippen molar-refractivity contribution in [3.63, 3.8) is 0 Å². The van der Waals surface area contributed by atoms with Crippen LogP contribution in [-0.2, 0) is 12.8 Å². The number of halogens is 2. The van der Waals surface area contributed by atoms with Crippen molar-refractivity contribution < 1.29 is 0 Å². The van der Waals surface area contributed by atoms with Gasteiger partial charge in [0.05, 0.1) is 0 Å². The van der Waals surface area contributed by atoms with E-state index in [4.69, 9.17) is 11.6 Å². The normalized spacial score (nSPS) is 10.9. The van der Waals surface area contributed by atoms with E-state index >= 15 is 0 Å². The molecule has 6 heteroatoms. The molecule has 2 rings (SSSR count). The summed E-state index contributed by atoms with van der Waals surface area (Å²) in [5.41, 5.74) is 3.75. The molecule has 0 fully saturated rings. The van der Waals surface area contributed by atoms with Gasteiger partial charge in [-0.1, -0.05) is 47.5 Å². The number of hydrogen-bond acceptors (Lipinski definition) is 2. The molecule has 2 aromatic rings. The first-order valence-corrected chi connectivity index (χ1v) is 8.73. The Morgan fingerprint density at radius 3 is 2.40 bits per heavy atom. The zero-order valence-electron chi connectivity index (χ0n) is 14.8. The third-order valence-corrected chi connectivity index (χ3v) is 3.85. The predicted octanol–water partition coefficient (Wildman–Crippen LogP) is 4.00. The minimum Gasteiger partial charge on any atom is -0.357 e. The second kappa shape index (κ2) is 12.1. The van der Waals surface area contributed by atoms with E-state index < -0.39 is 0 Å². The van der Waals surface area contributed by atoms with Crippen LogP contribution in [0.3, 0.4) is 0 Å². The zero-order valence-corrected chi connectivity index (χ0v) is 17.8. The second-order valence-corrected chi connectivity index (χ2v) is 6.05. The number of benzene rings is 1. The Labute approximate surface area is 172 Å². The monoisotopic (exact) mass is 472 g/mol. The van der Waals surface area contributed by atoms with Crippen LogP contribution in [0.25, 0.3) is 0 Å². The first kappa shape index (κ1) is 21.7. The molecule has 0 aliphatic heterocycles. The largest absolute Gasteiger partial charge is 0.357 e. The SMILES string of the molecule is CCNC(=NCCc1ccc(C)cc1)NCCc1ccc(Cl)nc1.I. The van der Waals surface area contributed by atoms with Gasteiger partial charge in [-0.15, -0.1) is 24.0 Å². The van der Waals surface area contributed by atoms with Crippen LogP contribution in [0.5, 0.6) is 0 Å². The Bertz CT molecular complexity index is 641. The second-order valence-electron chi connectivity index (χ2n) is 5.66. The third-order valence-electron chi connectivity index (χ3n) is 3.63. The molecule has 1 aromatic heterocycles. The van der Waals surface area contributed by atoms with Crippen molar-refractivity contribution in [1.82, 2.24) is 15.6 Å². The van der Waals surface area contributed by atoms with E-state index in [0.717, 1.165) is 44.0 Å². The lowest BCUT2D eigenvalue weighted by atomic mass is 10.1. The smallest absolute Gasteiger partial charge is 0.191 e. The molecule has 0 radical (unpaired) electrons. The van der Waals surface area contributed by atoms with E-state index in [-0.39, 0.29) is 24.0 Å². The van der Waals surface area contributed by atoms with E-state index in [1.165, 1.54) is 11.1 Å². The van der Waals surface area contributed by atoms with Crippen LogP contribution in [-0.4, -0.2) is 30.6 Å². The summed E-state index contributed by atoms with van der Waals surface area (Å²) in [5.74, 6) is 0.853. The number of guanidine groups is 1. The number of rotatable bonds is 7. The van der Waals surface area contributed by atoms with Crippen molar-refractivity contribution in [3.8, 4) is 0 Å². The molecule has 0 unspecified atom stereocenters. The van der Waals surface area contributed by atoms with Gasteiger partial charge in [-0.05, 0) is 43.9 Å². The molecule has 0 amide bonds. The Morgan fingerprint density at radius 2 is 1.76 bits per heavy atom. The van der Waals surface area contributed by atoms with Crippen molar-refractivity contribution in [3.05, 3.63) is 64.4 Å². The minimum atomic E-state index is 0. The summed E-state index contributed by atoms with van der Waals surface area (Å²) in [6.45, 7) is 6.59. The van der Waals surface area contributed by atoms with Crippen LogP contribution in [0.2, 0.25) is 5.15 Å². The van der Waals surface area contributed by atoms with Gasteiger partial charge in [0, 0.05) is 25.8 Å². The lowest BCUT2D eigenvalue weighted by molar-refractivity contribution is 0.795. The number of hydrogen-bond donors (Lipinski definition) is 2. The van der Waals surface area contributed by atoms with Gasteiger partial charge in [-0.2, -0.15) is 0 Å². The van der Waals surface area contributed by atoms with Gasteiger partial charge in [0.15, 0.2) is 5.96 Å². The number of aryl methyl sites for hydroxylation is 1. The van der Waals surface area contributed by atoms with Gasteiger partial charge in [0.2, 0.25) is 0 Å². The Hall–Kier alpha value is -1.34. The maximum atomic E-state index is 5.80. The summed E-state index contributed by atoms with van der Waals surface area (Å²) in [7, 11) is 0. The van der Waals surface area contributed by atoms with Gasteiger partial charge >= 0.3 is 0 Å². The molecular weight excluding hydrogens is 447 g/mol.